The molecule has 0 radical (unpaired) electrons. The molecule has 1 saturated carbocycles. The zero-order chi connectivity index (χ0) is 13.2. The van der Waals surface area contributed by atoms with Crippen LogP contribution in [0.2, 0.25) is 0 Å². The van der Waals surface area contributed by atoms with Crippen LogP contribution in [0.1, 0.15) is 72.1 Å². The van der Waals surface area contributed by atoms with E-state index < -0.39 is 0 Å². The summed E-state index contributed by atoms with van der Waals surface area (Å²) in [5.74, 6) is 0.852. The first kappa shape index (κ1) is 14.3. The van der Waals surface area contributed by atoms with Crippen molar-refractivity contribution in [2.24, 2.45) is 17.1 Å². The Morgan fingerprint density at radius 2 is 1.94 bits per heavy atom. The topological polar surface area (TPSA) is 35.2 Å². The van der Waals surface area contributed by atoms with Crippen molar-refractivity contribution < 1.29 is 4.74 Å². The number of ether oxygens (including phenoxy) is 1. The van der Waals surface area contributed by atoms with Crippen molar-refractivity contribution in [1.82, 2.24) is 0 Å². The predicted octanol–water partition coefficient (Wildman–Crippen LogP) is 3.88. The van der Waals surface area contributed by atoms with Gasteiger partial charge in [-0.1, -0.05) is 33.6 Å². The van der Waals surface area contributed by atoms with Gasteiger partial charge in [-0.25, -0.2) is 0 Å². The Morgan fingerprint density at radius 1 is 1.28 bits per heavy atom. The molecule has 18 heavy (non-hydrogen) atoms. The van der Waals surface area contributed by atoms with Crippen LogP contribution in [0.15, 0.2) is 0 Å². The number of hydrogen-bond acceptors (Lipinski definition) is 2. The lowest BCUT2D eigenvalue weighted by Gasteiger charge is -2.39. The van der Waals surface area contributed by atoms with Gasteiger partial charge in [0.2, 0.25) is 0 Å². The summed E-state index contributed by atoms with van der Waals surface area (Å²) < 4.78 is 6.10. The molecule has 2 unspecified atom stereocenters. The van der Waals surface area contributed by atoms with Gasteiger partial charge >= 0.3 is 0 Å². The first-order valence-electron chi connectivity index (χ1n) is 7.81. The Morgan fingerprint density at radius 3 is 2.56 bits per heavy atom. The minimum atomic E-state index is 0.246. The van der Waals surface area contributed by atoms with Gasteiger partial charge in [-0.2, -0.15) is 0 Å². The SMILES string of the molecule is CC(C)(C)C(N)CCC1CCOC2(CCCC2)C1. The zero-order valence-corrected chi connectivity index (χ0v) is 12.5. The molecule has 2 nitrogen and oxygen atoms in total. The van der Waals surface area contributed by atoms with E-state index >= 15 is 0 Å². The van der Waals surface area contributed by atoms with Gasteiger partial charge in [0, 0.05) is 12.6 Å². The fourth-order valence-corrected chi connectivity index (χ4v) is 3.59. The van der Waals surface area contributed by atoms with E-state index in [9.17, 15) is 0 Å². The van der Waals surface area contributed by atoms with Crippen LogP contribution in [-0.2, 0) is 4.74 Å². The van der Waals surface area contributed by atoms with Crippen molar-refractivity contribution in [3.63, 3.8) is 0 Å². The summed E-state index contributed by atoms with van der Waals surface area (Å²) in [5, 5.41) is 0. The molecule has 2 N–H and O–H groups in total. The van der Waals surface area contributed by atoms with E-state index in [0.29, 0.717) is 6.04 Å². The molecular weight excluding hydrogens is 222 g/mol. The molecule has 2 atom stereocenters. The maximum Gasteiger partial charge on any atom is 0.0685 e. The largest absolute Gasteiger partial charge is 0.375 e. The summed E-state index contributed by atoms with van der Waals surface area (Å²) in [6, 6.07) is 0.333. The van der Waals surface area contributed by atoms with Crippen molar-refractivity contribution in [2.45, 2.75) is 83.8 Å². The quantitative estimate of drug-likeness (QED) is 0.828. The third kappa shape index (κ3) is 3.48. The second-order valence-electron chi connectivity index (χ2n) is 7.65. The molecule has 2 aliphatic rings. The van der Waals surface area contributed by atoms with Gasteiger partial charge in [0.1, 0.15) is 0 Å². The molecule has 0 aromatic carbocycles. The van der Waals surface area contributed by atoms with E-state index in [2.05, 4.69) is 20.8 Å². The summed E-state index contributed by atoms with van der Waals surface area (Å²) in [5.41, 5.74) is 6.80. The highest BCUT2D eigenvalue weighted by atomic mass is 16.5. The molecule has 1 spiro atoms. The normalized spacial score (nSPS) is 29.7. The fraction of sp³-hybridized carbons (Fsp3) is 1.00. The van der Waals surface area contributed by atoms with Crippen LogP contribution < -0.4 is 5.73 Å². The van der Waals surface area contributed by atoms with E-state index in [4.69, 9.17) is 10.5 Å². The molecular formula is C16H31NO. The van der Waals surface area contributed by atoms with Crippen LogP contribution in [-0.4, -0.2) is 18.2 Å². The molecule has 1 aliphatic carbocycles. The summed E-state index contributed by atoms with van der Waals surface area (Å²) in [6.45, 7) is 7.73. The van der Waals surface area contributed by atoms with Crippen LogP contribution in [0, 0.1) is 11.3 Å². The molecule has 2 fully saturated rings. The molecule has 2 rings (SSSR count). The molecule has 0 aromatic rings. The minimum absolute atomic E-state index is 0.246. The number of hydrogen-bond donors (Lipinski definition) is 1. The van der Waals surface area contributed by atoms with Gasteiger partial charge in [-0.05, 0) is 49.9 Å². The van der Waals surface area contributed by atoms with Crippen LogP contribution in [0.25, 0.3) is 0 Å². The van der Waals surface area contributed by atoms with Gasteiger partial charge < -0.3 is 10.5 Å². The molecule has 0 bridgehead atoms. The standard InChI is InChI=1S/C16H31NO/c1-15(2,3)14(17)7-6-13-8-11-18-16(12-13)9-4-5-10-16/h13-14H,4-12,17H2,1-3H3. The Balaban J connectivity index is 1.79. The average Bonchev–Trinajstić information content (AvgIpc) is 2.73. The predicted molar refractivity (Wildman–Crippen MR) is 76.5 cm³/mol. The third-order valence-electron chi connectivity index (χ3n) is 5.11. The summed E-state index contributed by atoms with van der Waals surface area (Å²) >= 11 is 0. The van der Waals surface area contributed by atoms with E-state index in [1.807, 2.05) is 0 Å². The first-order valence-corrected chi connectivity index (χ1v) is 7.81. The average molecular weight is 253 g/mol. The van der Waals surface area contributed by atoms with Crippen molar-refractivity contribution >= 4 is 0 Å². The maximum absolute atomic E-state index is 6.28. The number of rotatable bonds is 3. The third-order valence-corrected chi connectivity index (χ3v) is 5.11. The van der Waals surface area contributed by atoms with E-state index in [-0.39, 0.29) is 11.0 Å². The van der Waals surface area contributed by atoms with Gasteiger partial charge in [-0.15, -0.1) is 0 Å². The lowest BCUT2D eigenvalue weighted by Crippen LogP contribution is -2.39. The van der Waals surface area contributed by atoms with Crippen molar-refractivity contribution in [1.29, 1.82) is 0 Å². The molecule has 0 amide bonds. The Kier molecular flexibility index (Phi) is 4.38. The lowest BCUT2D eigenvalue weighted by molar-refractivity contribution is -0.0942. The summed E-state index contributed by atoms with van der Waals surface area (Å²) in [7, 11) is 0. The Bertz CT molecular complexity index is 263. The molecule has 0 aromatic heterocycles. The van der Waals surface area contributed by atoms with Crippen LogP contribution in [0.5, 0.6) is 0 Å². The van der Waals surface area contributed by atoms with Crippen molar-refractivity contribution in [2.75, 3.05) is 6.61 Å². The minimum Gasteiger partial charge on any atom is -0.375 e. The van der Waals surface area contributed by atoms with Crippen LogP contribution >= 0.6 is 0 Å². The van der Waals surface area contributed by atoms with E-state index in [1.54, 1.807) is 0 Å². The molecule has 1 heterocycles. The summed E-state index contributed by atoms with van der Waals surface area (Å²) in [4.78, 5) is 0. The van der Waals surface area contributed by atoms with Gasteiger partial charge in [-0.3, -0.25) is 0 Å². The lowest BCUT2D eigenvalue weighted by atomic mass is 9.78. The van der Waals surface area contributed by atoms with Crippen LogP contribution in [0.4, 0.5) is 0 Å². The zero-order valence-electron chi connectivity index (χ0n) is 12.5. The molecule has 1 aliphatic heterocycles. The van der Waals surface area contributed by atoms with Gasteiger partial charge in [0.15, 0.2) is 0 Å². The Hall–Kier alpha value is -0.0800. The first-order chi connectivity index (χ1) is 8.41. The van der Waals surface area contributed by atoms with Gasteiger partial charge in [0.25, 0.3) is 0 Å². The highest BCUT2D eigenvalue weighted by Crippen LogP contribution is 2.43. The van der Waals surface area contributed by atoms with Crippen molar-refractivity contribution in [3.05, 3.63) is 0 Å². The second-order valence-corrected chi connectivity index (χ2v) is 7.65. The maximum atomic E-state index is 6.28. The monoisotopic (exact) mass is 253 g/mol. The van der Waals surface area contributed by atoms with E-state index in [0.717, 1.165) is 12.5 Å². The molecule has 106 valence electrons. The highest BCUT2D eigenvalue weighted by Gasteiger charge is 2.39. The highest BCUT2D eigenvalue weighted by molar-refractivity contribution is 4.91. The molecule has 1 saturated heterocycles. The molecule has 2 heteroatoms. The fourth-order valence-electron chi connectivity index (χ4n) is 3.59. The summed E-state index contributed by atoms with van der Waals surface area (Å²) in [6.07, 6.45) is 10.3. The van der Waals surface area contributed by atoms with Crippen molar-refractivity contribution in [3.8, 4) is 0 Å². The Labute approximate surface area is 113 Å². The number of nitrogens with two attached hydrogens (primary N) is 1. The van der Waals surface area contributed by atoms with Gasteiger partial charge in [0.05, 0.1) is 5.60 Å². The smallest absolute Gasteiger partial charge is 0.0685 e. The van der Waals surface area contributed by atoms with Crippen LogP contribution in [0.3, 0.4) is 0 Å². The second kappa shape index (κ2) is 5.50. The van der Waals surface area contributed by atoms with E-state index in [1.165, 1.54) is 51.4 Å².